The lowest BCUT2D eigenvalue weighted by atomic mass is 9.96. The molecule has 0 unspecified atom stereocenters. The van der Waals surface area contributed by atoms with Crippen LogP contribution in [0.4, 0.5) is 0 Å². The second-order valence-electron chi connectivity index (χ2n) is 5.08. The fraction of sp³-hybridized carbons (Fsp3) is 0.467. The second-order valence-corrected chi connectivity index (χ2v) is 5.08. The molecule has 1 N–H and O–H groups in total. The Bertz CT molecular complexity index is 532. The maximum absolute atomic E-state index is 12.6. The fourth-order valence-electron chi connectivity index (χ4n) is 2.46. The minimum atomic E-state index is -1.03. The van der Waals surface area contributed by atoms with E-state index in [2.05, 4.69) is 0 Å². The Labute approximate surface area is 113 Å². The molecule has 0 radical (unpaired) electrons. The highest BCUT2D eigenvalue weighted by molar-refractivity contribution is 6.06. The van der Waals surface area contributed by atoms with Crippen molar-refractivity contribution < 1.29 is 14.7 Å². The van der Waals surface area contributed by atoms with Gasteiger partial charge >= 0.3 is 5.97 Å². The average molecular weight is 261 g/mol. The van der Waals surface area contributed by atoms with Gasteiger partial charge in [0, 0.05) is 12.6 Å². The Hall–Kier alpha value is -1.84. The quantitative estimate of drug-likeness (QED) is 0.906. The minimum Gasteiger partial charge on any atom is -0.478 e. The number of amides is 1. The van der Waals surface area contributed by atoms with Gasteiger partial charge in [0.15, 0.2) is 0 Å². The summed E-state index contributed by atoms with van der Waals surface area (Å²) in [6.45, 7) is 6.07. The van der Waals surface area contributed by atoms with E-state index in [4.69, 9.17) is 0 Å². The van der Waals surface area contributed by atoms with Gasteiger partial charge < -0.3 is 10.0 Å². The molecule has 102 valence electrons. The van der Waals surface area contributed by atoms with Crippen LogP contribution in [0.15, 0.2) is 12.1 Å². The van der Waals surface area contributed by atoms with Gasteiger partial charge in [0.05, 0.1) is 11.1 Å². The average Bonchev–Trinajstić information content (AvgIpc) is 3.16. The number of hydrogen-bond donors (Lipinski definition) is 1. The van der Waals surface area contributed by atoms with Gasteiger partial charge in [0.25, 0.3) is 5.91 Å². The molecule has 1 aromatic carbocycles. The molecule has 1 aromatic rings. The molecule has 0 atom stereocenters. The number of hydrogen-bond acceptors (Lipinski definition) is 2. The highest BCUT2D eigenvalue weighted by Gasteiger charge is 2.34. The monoisotopic (exact) mass is 261 g/mol. The number of carboxylic acids is 1. The first-order chi connectivity index (χ1) is 8.97. The van der Waals surface area contributed by atoms with Crippen LogP contribution in [0.2, 0.25) is 0 Å². The summed E-state index contributed by atoms with van der Waals surface area (Å²) < 4.78 is 0. The number of aromatic carboxylic acids is 1. The maximum atomic E-state index is 12.6. The van der Waals surface area contributed by atoms with Crippen molar-refractivity contribution in [1.29, 1.82) is 0 Å². The van der Waals surface area contributed by atoms with Crippen LogP contribution in [0.1, 0.15) is 51.6 Å². The number of rotatable bonds is 4. The molecule has 0 heterocycles. The van der Waals surface area contributed by atoms with Crippen LogP contribution in [-0.2, 0) is 0 Å². The van der Waals surface area contributed by atoms with E-state index in [0.717, 1.165) is 18.4 Å². The van der Waals surface area contributed by atoms with Crippen molar-refractivity contribution in [3.05, 3.63) is 34.4 Å². The number of nitrogens with zero attached hydrogens (tertiary/aromatic N) is 1. The molecule has 1 aliphatic rings. The summed E-state index contributed by atoms with van der Waals surface area (Å²) in [5.74, 6) is -1.18. The lowest BCUT2D eigenvalue weighted by molar-refractivity contribution is 0.0672. The summed E-state index contributed by atoms with van der Waals surface area (Å²) in [5.41, 5.74) is 1.85. The standard InChI is InChI=1S/C15H19NO3/c1-4-16(11-7-8-11)14(17)12-9(2)5-6-10(3)13(12)15(18)19/h5-6,11H,4,7-8H2,1-3H3,(H,18,19). The third-order valence-corrected chi connectivity index (χ3v) is 3.64. The molecule has 0 spiro atoms. The van der Waals surface area contributed by atoms with Crippen molar-refractivity contribution in [2.24, 2.45) is 0 Å². The molecule has 0 bridgehead atoms. The highest BCUT2D eigenvalue weighted by atomic mass is 16.4. The lowest BCUT2D eigenvalue weighted by Crippen LogP contribution is -2.34. The van der Waals surface area contributed by atoms with E-state index in [1.807, 2.05) is 13.0 Å². The Morgan fingerprint density at radius 3 is 2.16 bits per heavy atom. The van der Waals surface area contributed by atoms with Crippen LogP contribution in [0.3, 0.4) is 0 Å². The second kappa shape index (κ2) is 5.03. The van der Waals surface area contributed by atoms with E-state index < -0.39 is 5.97 Å². The smallest absolute Gasteiger partial charge is 0.336 e. The van der Waals surface area contributed by atoms with E-state index in [-0.39, 0.29) is 11.5 Å². The van der Waals surface area contributed by atoms with E-state index in [1.54, 1.807) is 24.8 Å². The number of benzene rings is 1. The van der Waals surface area contributed by atoms with E-state index in [9.17, 15) is 14.7 Å². The van der Waals surface area contributed by atoms with Crippen LogP contribution >= 0.6 is 0 Å². The summed E-state index contributed by atoms with van der Waals surface area (Å²) in [6.07, 6.45) is 2.04. The molecule has 1 amide bonds. The highest BCUT2D eigenvalue weighted by Crippen LogP contribution is 2.30. The predicted octanol–water partition coefficient (Wildman–Crippen LogP) is 2.63. The molecule has 2 rings (SSSR count). The Morgan fingerprint density at radius 2 is 1.74 bits per heavy atom. The van der Waals surface area contributed by atoms with Crippen molar-refractivity contribution >= 4 is 11.9 Å². The van der Waals surface area contributed by atoms with E-state index >= 15 is 0 Å². The molecule has 19 heavy (non-hydrogen) atoms. The maximum Gasteiger partial charge on any atom is 0.336 e. The summed E-state index contributed by atoms with van der Waals surface area (Å²) in [4.78, 5) is 25.8. The number of carbonyl (C=O) groups excluding carboxylic acids is 1. The van der Waals surface area contributed by atoms with Gasteiger partial charge in [-0.3, -0.25) is 4.79 Å². The first kappa shape index (κ1) is 13.6. The van der Waals surface area contributed by atoms with E-state index in [0.29, 0.717) is 23.7 Å². The zero-order chi connectivity index (χ0) is 14.2. The predicted molar refractivity (Wildman–Crippen MR) is 72.6 cm³/mol. The number of aryl methyl sites for hydroxylation is 2. The Morgan fingerprint density at radius 1 is 1.21 bits per heavy atom. The molecule has 1 saturated carbocycles. The summed E-state index contributed by atoms with van der Waals surface area (Å²) >= 11 is 0. The van der Waals surface area contributed by atoms with Gasteiger partial charge in [-0.05, 0) is 44.7 Å². The third-order valence-electron chi connectivity index (χ3n) is 3.64. The number of carbonyl (C=O) groups is 2. The first-order valence-electron chi connectivity index (χ1n) is 6.61. The molecule has 0 aliphatic heterocycles. The Kier molecular flexibility index (Phi) is 3.60. The van der Waals surface area contributed by atoms with Crippen molar-refractivity contribution in [2.75, 3.05) is 6.54 Å². The minimum absolute atomic E-state index is 0.143. The zero-order valence-electron chi connectivity index (χ0n) is 11.6. The molecule has 1 fully saturated rings. The van der Waals surface area contributed by atoms with Gasteiger partial charge in [-0.15, -0.1) is 0 Å². The van der Waals surface area contributed by atoms with Gasteiger partial charge in [-0.2, -0.15) is 0 Å². The first-order valence-corrected chi connectivity index (χ1v) is 6.61. The molecule has 4 nitrogen and oxygen atoms in total. The summed E-state index contributed by atoms with van der Waals surface area (Å²) in [5, 5.41) is 9.36. The molecule has 0 saturated heterocycles. The largest absolute Gasteiger partial charge is 0.478 e. The summed E-state index contributed by atoms with van der Waals surface area (Å²) in [7, 11) is 0. The molecular weight excluding hydrogens is 242 g/mol. The van der Waals surface area contributed by atoms with Crippen LogP contribution < -0.4 is 0 Å². The number of carboxylic acid groups (broad SMARTS) is 1. The van der Waals surface area contributed by atoms with Crippen molar-refractivity contribution in [3.63, 3.8) is 0 Å². The van der Waals surface area contributed by atoms with Gasteiger partial charge in [0.2, 0.25) is 0 Å². The molecule has 1 aliphatic carbocycles. The Balaban J connectivity index is 2.51. The molecule has 0 aromatic heterocycles. The van der Waals surface area contributed by atoms with E-state index in [1.165, 1.54) is 0 Å². The van der Waals surface area contributed by atoms with Crippen molar-refractivity contribution in [2.45, 2.75) is 39.7 Å². The van der Waals surface area contributed by atoms with Crippen LogP contribution in [0, 0.1) is 13.8 Å². The van der Waals surface area contributed by atoms with Crippen LogP contribution in [0.5, 0.6) is 0 Å². The van der Waals surface area contributed by atoms with Crippen molar-refractivity contribution in [1.82, 2.24) is 4.90 Å². The third kappa shape index (κ3) is 2.48. The zero-order valence-corrected chi connectivity index (χ0v) is 11.6. The SMILES string of the molecule is CCN(C(=O)c1c(C)ccc(C)c1C(=O)O)C1CC1. The topological polar surface area (TPSA) is 57.6 Å². The summed E-state index contributed by atoms with van der Waals surface area (Å²) in [6, 6.07) is 3.86. The van der Waals surface area contributed by atoms with Crippen LogP contribution in [-0.4, -0.2) is 34.5 Å². The normalized spacial score (nSPS) is 14.3. The lowest BCUT2D eigenvalue weighted by Gasteiger charge is -2.23. The van der Waals surface area contributed by atoms with Crippen molar-refractivity contribution in [3.8, 4) is 0 Å². The van der Waals surface area contributed by atoms with Gasteiger partial charge in [-0.25, -0.2) is 4.79 Å². The van der Waals surface area contributed by atoms with Gasteiger partial charge in [0.1, 0.15) is 0 Å². The van der Waals surface area contributed by atoms with Crippen LogP contribution in [0.25, 0.3) is 0 Å². The fourth-order valence-corrected chi connectivity index (χ4v) is 2.46. The van der Waals surface area contributed by atoms with Gasteiger partial charge in [-0.1, -0.05) is 12.1 Å². The molecular formula is C15H19NO3. The molecule has 4 heteroatoms.